The fraction of sp³-hybridized carbons (Fsp3) is 0.409. The third-order valence-electron chi connectivity index (χ3n) is 5.76. The first-order valence-electron chi connectivity index (χ1n) is 10.4. The molecule has 4 rings (SSSR count). The number of hydrogen-bond acceptors (Lipinski definition) is 5. The SMILES string of the molecule is O=C(c1ccc(F)c(F)c1Nc1ccc(I)cc1F)N1CC(O)(CNCN2CCCC2)C1. The smallest absolute Gasteiger partial charge is 0.256 e. The Hall–Kier alpha value is -1.89. The number of benzene rings is 2. The van der Waals surface area contributed by atoms with Crippen molar-refractivity contribution in [2.45, 2.75) is 18.4 Å². The Balaban J connectivity index is 1.44. The molecule has 2 aliphatic heterocycles. The Morgan fingerprint density at radius 1 is 1.09 bits per heavy atom. The van der Waals surface area contributed by atoms with Gasteiger partial charge in [-0.2, -0.15) is 0 Å². The molecule has 2 saturated heterocycles. The van der Waals surface area contributed by atoms with Crippen LogP contribution in [0, 0.1) is 21.0 Å². The number of rotatable bonds is 7. The number of aliphatic hydroxyl groups is 1. The third-order valence-corrected chi connectivity index (χ3v) is 6.43. The van der Waals surface area contributed by atoms with Crippen LogP contribution in [0.1, 0.15) is 23.2 Å². The lowest BCUT2D eigenvalue weighted by Crippen LogP contribution is -2.67. The summed E-state index contributed by atoms with van der Waals surface area (Å²) in [5.74, 6) is -3.64. The van der Waals surface area contributed by atoms with Crippen molar-refractivity contribution in [3.63, 3.8) is 0 Å². The standard InChI is InChI=1S/C22H24F3IN4O2/c23-16-5-4-15(20(19(16)25)28-18-6-3-14(26)9-17(18)24)21(31)30-11-22(32,12-30)10-27-13-29-7-1-2-8-29/h3-6,9,27-28,32H,1-2,7-8,10-13H2. The molecular weight excluding hydrogens is 536 g/mol. The van der Waals surface area contributed by atoms with Crippen LogP contribution in [0.5, 0.6) is 0 Å². The average Bonchev–Trinajstić information content (AvgIpc) is 3.24. The first-order chi connectivity index (χ1) is 15.3. The minimum absolute atomic E-state index is 0.0646. The second kappa shape index (κ2) is 9.54. The van der Waals surface area contributed by atoms with Gasteiger partial charge < -0.3 is 20.6 Å². The number of halogens is 4. The van der Waals surface area contributed by atoms with E-state index in [9.17, 15) is 23.1 Å². The van der Waals surface area contributed by atoms with Crippen LogP contribution in [0.2, 0.25) is 0 Å². The van der Waals surface area contributed by atoms with E-state index in [0.717, 1.165) is 25.2 Å². The van der Waals surface area contributed by atoms with E-state index in [4.69, 9.17) is 0 Å². The molecular formula is C22H24F3IN4O2. The van der Waals surface area contributed by atoms with Gasteiger partial charge in [0.05, 0.1) is 30.0 Å². The number of anilines is 2. The van der Waals surface area contributed by atoms with E-state index in [1.165, 1.54) is 29.9 Å². The van der Waals surface area contributed by atoms with Crippen molar-refractivity contribution < 1.29 is 23.1 Å². The van der Waals surface area contributed by atoms with Crippen molar-refractivity contribution in [1.29, 1.82) is 0 Å². The van der Waals surface area contributed by atoms with Gasteiger partial charge in [0, 0.05) is 16.8 Å². The summed E-state index contributed by atoms with van der Waals surface area (Å²) in [6.45, 7) is 3.19. The van der Waals surface area contributed by atoms with E-state index in [0.29, 0.717) is 16.8 Å². The maximum Gasteiger partial charge on any atom is 0.256 e. The number of β-amino-alcohol motifs (C(OH)–C–C–N with tert-alkyl or cyclic N) is 1. The van der Waals surface area contributed by atoms with Crippen molar-refractivity contribution in [3.05, 3.63) is 56.9 Å². The molecule has 0 aromatic heterocycles. The maximum atomic E-state index is 14.6. The summed E-state index contributed by atoms with van der Waals surface area (Å²) in [6.07, 6.45) is 2.34. The van der Waals surface area contributed by atoms with Gasteiger partial charge in [-0.25, -0.2) is 13.2 Å². The lowest BCUT2D eigenvalue weighted by atomic mass is 9.93. The van der Waals surface area contributed by atoms with Gasteiger partial charge in [0.2, 0.25) is 0 Å². The quantitative estimate of drug-likeness (QED) is 0.454. The Morgan fingerprint density at radius 3 is 2.50 bits per heavy atom. The minimum Gasteiger partial charge on any atom is -0.385 e. The zero-order valence-electron chi connectivity index (χ0n) is 17.3. The monoisotopic (exact) mass is 560 g/mol. The largest absolute Gasteiger partial charge is 0.385 e. The number of likely N-dealkylation sites (tertiary alicyclic amines) is 2. The molecule has 0 spiro atoms. The predicted molar refractivity (Wildman–Crippen MR) is 123 cm³/mol. The minimum atomic E-state index is -1.27. The zero-order valence-corrected chi connectivity index (χ0v) is 19.5. The molecule has 6 nitrogen and oxygen atoms in total. The van der Waals surface area contributed by atoms with E-state index in [1.54, 1.807) is 6.07 Å². The fourth-order valence-corrected chi connectivity index (χ4v) is 4.51. The van der Waals surface area contributed by atoms with Gasteiger partial charge in [0.25, 0.3) is 5.91 Å². The number of amides is 1. The van der Waals surface area contributed by atoms with E-state index < -0.39 is 34.6 Å². The molecule has 0 atom stereocenters. The molecule has 2 aliphatic rings. The first-order valence-corrected chi connectivity index (χ1v) is 11.5. The number of carbonyl (C=O) groups is 1. The first kappa shape index (κ1) is 23.3. The second-order valence-electron chi connectivity index (χ2n) is 8.33. The molecule has 0 unspecified atom stereocenters. The lowest BCUT2D eigenvalue weighted by molar-refractivity contribution is -0.0796. The summed E-state index contributed by atoms with van der Waals surface area (Å²) in [6, 6.07) is 6.27. The van der Waals surface area contributed by atoms with Crippen molar-refractivity contribution >= 4 is 39.9 Å². The van der Waals surface area contributed by atoms with Crippen molar-refractivity contribution in [2.75, 3.05) is 44.7 Å². The summed E-state index contributed by atoms with van der Waals surface area (Å²) >= 11 is 1.93. The second-order valence-corrected chi connectivity index (χ2v) is 9.57. The van der Waals surface area contributed by atoms with Crippen LogP contribution in [-0.4, -0.2) is 65.8 Å². The van der Waals surface area contributed by atoms with Gasteiger partial charge in [-0.1, -0.05) is 0 Å². The van der Waals surface area contributed by atoms with E-state index in [1.807, 2.05) is 22.6 Å². The lowest BCUT2D eigenvalue weighted by Gasteiger charge is -2.46. The highest BCUT2D eigenvalue weighted by molar-refractivity contribution is 14.1. The van der Waals surface area contributed by atoms with E-state index in [2.05, 4.69) is 15.5 Å². The Morgan fingerprint density at radius 2 is 1.81 bits per heavy atom. The molecule has 0 radical (unpaired) electrons. The molecule has 0 saturated carbocycles. The van der Waals surface area contributed by atoms with Gasteiger partial charge in [-0.05, 0) is 78.9 Å². The van der Waals surface area contributed by atoms with Crippen LogP contribution in [0.4, 0.5) is 24.5 Å². The van der Waals surface area contributed by atoms with Gasteiger partial charge in [0.1, 0.15) is 11.4 Å². The molecule has 172 valence electrons. The molecule has 3 N–H and O–H groups in total. The summed E-state index contributed by atoms with van der Waals surface area (Å²) in [5.41, 5.74) is -1.72. The topological polar surface area (TPSA) is 67.8 Å². The molecule has 1 amide bonds. The predicted octanol–water partition coefficient (Wildman–Crippen LogP) is 3.28. The maximum absolute atomic E-state index is 14.6. The summed E-state index contributed by atoms with van der Waals surface area (Å²) < 4.78 is 43.4. The molecule has 10 heteroatoms. The number of nitrogens with one attached hydrogen (secondary N) is 2. The summed E-state index contributed by atoms with van der Waals surface area (Å²) in [7, 11) is 0. The normalized spacial score (nSPS) is 18.0. The van der Waals surface area contributed by atoms with Gasteiger partial charge >= 0.3 is 0 Å². The average molecular weight is 560 g/mol. The highest BCUT2D eigenvalue weighted by atomic mass is 127. The van der Waals surface area contributed by atoms with E-state index >= 15 is 0 Å². The molecule has 32 heavy (non-hydrogen) atoms. The zero-order chi connectivity index (χ0) is 22.9. The summed E-state index contributed by atoms with van der Waals surface area (Å²) in [5, 5.41) is 16.4. The van der Waals surface area contributed by atoms with Crippen LogP contribution in [0.25, 0.3) is 0 Å². The van der Waals surface area contributed by atoms with Crippen LogP contribution in [0.3, 0.4) is 0 Å². The molecule has 2 aromatic carbocycles. The fourth-order valence-electron chi connectivity index (χ4n) is 4.05. The van der Waals surface area contributed by atoms with Crippen LogP contribution in [0.15, 0.2) is 30.3 Å². The van der Waals surface area contributed by atoms with Crippen molar-refractivity contribution in [3.8, 4) is 0 Å². The van der Waals surface area contributed by atoms with Gasteiger partial charge in [-0.3, -0.25) is 9.69 Å². The molecule has 2 fully saturated rings. The Bertz CT molecular complexity index is 1010. The molecule has 0 aliphatic carbocycles. The highest BCUT2D eigenvalue weighted by Gasteiger charge is 2.44. The van der Waals surface area contributed by atoms with Gasteiger partial charge in [-0.15, -0.1) is 0 Å². The summed E-state index contributed by atoms with van der Waals surface area (Å²) in [4.78, 5) is 16.6. The number of carbonyl (C=O) groups excluding carboxylic acids is 1. The number of hydrogen-bond donors (Lipinski definition) is 3. The number of nitrogens with zero attached hydrogens (tertiary/aromatic N) is 2. The van der Waals surface area contributed by atoms with Gasteiger partial charge in [0.15, 0.2) is 11.6 Å². The molecule has 2 aromatic rings. The van der Waals surface area contributed by atoms with Crippen LogP contribution in [-0.2, 0) is 0 Å². The third kappa shape index (κ3) is 5.03. The molecule has 0 bridgehead atoms. The van der Waals surface area contributed by atoms with E-state index in [-0.39, 0.29) is 24.3 Å². The van der Waals surface area contributed by atoms with Crippen LogP contribution < -0.4 is 10.6 Å². The molecule has 2 heterocycles. The highest BCUT2D eigenvalue weighted by Crippen LogP contribution is 2.31. The van der Waals surface area contributed by atoms with Crippen molar-refractivity contribution in [2.24, 2.45) is 0 Å². The Kier molecular flexibility index (Phi) is 6.94. The Labute approximate surface area is 197 Å². The van der Waals surface area contributed by atoms with Crippen molar-refractivity contribution in [1.82, 2.24) is 15.1 Å². The van der Waals surface area contributed by atoms with Crippen LogP contribution >= 0.6 is 22.6 Å².